The number of H-pyrrole nitrogens is 1. The number of imidazole rings is 1. The lowest BCUT2D eigenvalue weighted by molar-refractivity contribution is -0.121. The van der Waals surface area contributed by atoms with Crippen LogP contribution in [0.1, 0.15) is 31.2 Å². The number of ether oxygens (including phenoxy) is 1. The number of rotatable bonds is 3. The van der Waals surface area contributed by atoms with E-state index in [0.29, 0.717) is 32.5 Å². The zero-order valence-corrected chi connectivity index (χ0v) is 12.6. The van der Waals surface area contributed by atoms with Crippen LogP contribution in [0.15, 0.2) is 0 Å². The molecule has 0 spiro atoms. The summed E-state index contributed by atoms with van der Waals surface area (Å²) in [5, 5.41) is 20.2. The van der Waals surface area contributed by atoms with Gasteiger partial charge in [-0.05, 0) is 19.8 Å². The van der Waals surface area contributed by atoms with Gasteiger partial charge in [-0.1, -0.05) is 0 Å². The molecular formula is C14H16N6O3. The molecule has 0 atom stereocenters. The molecule has 0 aromatic carbocycles. The number of nitrogens with one attached hydrogen (secondary N) is 2. The van der Waals surface area contributed by atoms with Crippen LogP contribution < -0.4 is 5.32 Å². The topological polar surface area (TPSA) is 135 Å². The van der Waals surface area contributed by atoms with Gasteiger partial charge in [0.1, 0.15) is 12.1 Å². The molecule has 0 saturated carbocycles. The number of carbonyl (C=O) groups is 2. The van der Waals surface area contributed by atoms with Crippen LogP contribution in [-0.4, -0.2) is 46.6 Å². The van der Waals surface area contributed by atoms with Gasteiger partial charge in [-0.25, -0.2) is 9.78 Å². The summed E-state index contributed by atoms with van der Waals surface area (Å²) in [5.74, 6) is -0.436. The molecule has 120 valence electrons. The summed E-state index contributed by atoms with van der Waals surface area (Å²) in [6.45, 7) is 2.95. The van der Waals surface area contributed by atoms with Gasteiger partial charge < -0.3 is 14.6 Å². The fourth-order valence-electron chi connectivity index (χ4n) is 2.35. The third-order valence-corrected chi connectivity index (χ3v) is 3.55. The highest BCUT2D eigenvalue weighted by Gasteiger charge is 2.28. The number of anilines is 1. The standard InChI is InChI=1S/C14H16N6O3/c1-2-23-14(22)20-5-3-9(4-6-20)12(21)19-13-17-10(7-15)11(8-16)18-13/h9H,2-6H2,1H3,(H2,17,18,19,21). The molecule has 1 saturated heterocycles. The van der Waals surface area contributed by atoms with Crippen LogP contribution >= 0.6 is 0 Å². The number of nitrogens with zero attached hydrogens (tertiary/aromatic N) is 4. The van der Waals surface area contributed by atoms with Gasteiger partial charge in [0.15, 0.2) is 11.4 Å². The molecule has 2 N–H and O–H groups in total. The molecule has 0 aliphatic carbocycles. The molecule has 1 aliphatic heterocycles. The maximum absolute atomic E-state index is 12.2. The predicted octanol–water partition coefficient (Wildman–Crippen LogP) is 0.960. The van der Waals surface area contributed by atoms with Crippen LogP contribution in [0.5, 0.6) is 0 Å². The van der Waals surface area contributed by atoms with E-state index in [0.717, 1.165) is 0 Å². The zero-order chi connectivity index (χ0) is 16.8. The van der Waals surface area contributed by atoms with Gasteiger partial charge in [-0.2, -0.15) is 10.5 Å². The number of aromatic nitrogens is 2. The molecule has 1 fully saturated rings. The smallest absolute Gasteiger partial charge is 0.409 e. The van der Waals surface area contributed by atoms with Crippen LogP contribution in [0.4, 0.5) is 10.7 Å². The quantitative estimate of drug-likeness (QED) is 0.852. The van der Waals surface area contributed by atoms with E-state index in [1.807, 2.05) is 0 Å². The second kappa shape index (κ2) is 7.27. The van der Waals surface area contributed by atoms with Crippen molar-refractivity contribution in [3.05, 3.63) is 11.4 Å². The van der Waals surface area contributed by atoms with Crippen molar-refractivity contribution in [2.24, 2.45) is 5.92 Å². The summed E-state index contributed by atoms with van der Waals surface area (Å²) < 4.78 is 4.92. The molecule has 23 heavy (non-hydrogen) atoms. The number of carbonyl (C=O) groups excluding carboxylic acids is 2. The summed E-state index contributed by atoms with van der Waals surface area (Å²) in [7, 11) is 0. The molecule has 0 unspecified atom stereocenters. The summed E-state index contributed by atoms with van der Waals surface area (Å²) in [5.41, 5.74) is -0.0418. The molecule has 0 radical (unpaired) electrons. The van der Waals surface area contributed by atoms with Gasteiger partial charge in [0.05, 0.1) is 6.61 Å². The highest BCUT2D eigenvalue weighted by Crippen LogP contribution is 2.19. The van der Waals surface area contributed by atoms with Crippen molar-refractivity contribution >= 4 is 17.9 Å². The Hall–Kier alpha value is -3.07. The predicted molar refractivity (Wildman–Crippen MR) is 78.0 cm³/mol. The van der Waals surface area contributed by atoms with Gasteiger partial charge in [0, 0.05) is 19.0 Å². The van der Waals surface area contributed by atoms with Gasteiger partial charge >= 0.3 is 6.09 Å². The Morgan fingerprint density at radius 3 is 2.61 bits per heavy atom. The molecular weight excluding hydrogens is 300 g/mol. The van der Waals surface area contributed by atoms with Crippen molar-refractivity contribution in [1.29, 1.82) is 10.5 Å². The molecule has 1 aromatic rings. The lowest BCUT2D eigenvalue weighted by Gasteiger charge is -2.30. The van der Waals surface area contributed by atoms with Crippen LogP contribution in [0.25, 0.3) is 0 Å². The first-order chi connectivity index (χ1) is 11.1. The largest absolute Gasteiger partial charge is 0.450 e. The molecule has 2 heterocycles. The van der Waals surface area contributed by atoms with Gasteiger partial charge in [-0.15, -0.1) is 0 Å². The number of nitriles is 2. The summed E-state index contributed by atoms with van der Waals surface area (Å²) in [4.78, 5) is 31.8. The Morgan fingerprint density at radius 1 is 1.39 bits per heavy atom. The number of hydrogen-bond donors (Lipinski definition) is 2. The van der Waals surface area contributed by atoms with E-state index in [-0.39, 0.29) is 35.3 Å². The number of likely N-dealkylation sites (tertiary alicyclic amines) is 1. The Kier molecular flexibility index (Phi) is 5.15. The average Bonchev–Trinajstić information content (AvgIpc) is 2.97. The van der Waals surface area contributed by atoms with E-state index in [9.17, 15) is 9.59 Å². The minimum absolute atomic E-state index is 0.0138. The highest BCUT2D eigenvalue weighted by atomic mass is 16.6. The molecule has 2 amide bonds. The van der Waals surface area contributed by atoms with Gasteiger partial charge in [0.2, 0.25) is 11.9 Å². The number of piperidine rings is 1. The number of aromatic amines is 1. The van der Waals surface area contributed by atoms with Gasteiger partial charge in [-0.3, -0.25) is 10.1 Å². The summed E-state index contributed by atoms with van der Waals surface area (Å²) in [6.07, 6.45) is 0.665. The first-order valence-corrected chi connectivity index (χ1v) is 7.21. The van der Waals surface area contributed by atoms with E-state index in [1.54, 1.807) is 24.0 Å². The van der Waals surface area contributed by atoms with Gasteiger partial charge in [0.25, 0.3) is 0 Å². The Balaban J connectivity index is 1.91. The molecule has 1 aliphatic rings. The highest BCUT2D eigenvalue weighted by molar-refractivity contribution is 5.91. The van der Waals surface area contributed by atoms with Crippen molar-refractivity contribution in [3.63, 3.8) is 0 Å². The van der Waals surface area contributed by atoms with Crippen LogP contribution in [-0.2, 0) is 9.53 Å². The normalized spacial score (nSPS) is 14.7. The van der Waals surface area contributed by atoms with Crippen molar-refractivity contribution in [2.45, 2.75) is 19.8 Å². The van der Waals surface area contributed by atoms with E-state index in [2.05, 4.69) is 15.3 Å². The SMILES string of the molecule is CCOC(=O)N1CCC(C(=O)Nc2nc(C#N)c(C#N)[nH]2)CC1. The maximum Gasteiger partial charge on any atom is 0.409 e. The van der Waals surface area contributed by atoms with Crippen molar-refractivity contribution < 1.29 is 14.3 Å². The van der Waals surface area contributed by atoms with E-state index in [4.69, 9.17) is 15.3 Å². The van der Waals surface area contributed by atoms with E-state index < -0.39 is 0 Å². The van der Waals surface area contributed by atoms with Crippen LogP contribution in [0.3, 0.4) is 0 Å². The fraction of sp³-hybridized carbons (Fsp3) is 0.500. The first kappa shape index (κ1) is 16.3. The monoisotopic (exact) mass is 316 g/mol. The molecule has 1 aromatic heterocycles. The molecule has 0 bridgehead atoms. The number of amides is 2. The third-order valence-electron chi connectivity index (χ3n) is 3.55. The van der Waals surface area contributed by atoms with E-state index in [1.165, 1.54) is 0 Å². The third kappa shape index (κ3) is 3.77. The van der Waals surface area contributed by atoms with Crippen molar-refractivity contribution in [2.75, 3.05) is 25.0 Å². The lowest BCUT2D eigenvalue weighted by atomic mass is 9.96. The average molecular weight is 316 g/mol. The second-order valence-corrected chi connectivity index (χ2v) is 4.98. The molecule has 2 rings (SSSR count). The van der Waals surface area contributed by atoms with Crippen molar-refractivity contribution in [1.82, 2.24) is 14.9 Å². The summed E-state index contributed by atoms with van der Waals surface area (Å²) in [6, 6.07) is 3.58. The first-order valence-electron chi connectivity index (χ1n) is 7.21. The summed E-state index contributed by atoms with van der Waals surface area (Å²) >= 11 is 0. The number of hydrogen-bond acceptors (Lipinski definition) is 6. The van der Waals surface area contributed by atoms with E-state index >= 15 is 0 Å². The minimum Gasteiger partial charge on any atom is -0.450 e. The Morgan fingerprint density at radius 2 is 2.09 bits per heavy atom. The maximum atomic E-state index is 12.2. The fourth-order valence-corrected chi connectivity index (χ4v) is 2.35. The lowest BCUT2D eigenvalue weighted by Crippen LogP contribution is -2.41. The van der Waals surface area contributed by atoms with Crippen LogP contribution in [0.2, 0.25) is 0 Å². The van der Waals surface area contributed by atoms with Crippen molar-refractivity contribution in [3.8, 4) is 12.1 Å². The van der Waals surface area contributed by atoms with Crippen LogP contribution in [0, 0.1) is 28.6 Å². The second-order valence-electron chi connectivity index (χ2n) is 4.98. The Bertz CT molecular complexity index is 644. The molecule has 9 heteroatoms. The Labute approximate surface area is 132 Å². The molecule has 9 nitrogen and oxygen atoms in total. The zero-order valence-electron chi connectivity index (χ0n) is 12.6. The minimum atomic E-state index is -0.366.